The fraction of sp³-hybridized carbons (Fsp3) is 0.571. The zero-order valence-electron chi connectivity index (χ0n) is 11.5. The van der Waals surface area contributed by atoms with Crippen LogP contribution in [0.1, 0.15) is 12.5 Å². The molecule has 1 aromatic carbocycles. The SMILES string of the molecule is CC1CN(Cc2ccc(OCC(F)F)cc2)CC1N.Cl. The quantitative estimate of drug-likeness (QED) is 0.908. The van der Waals surface area contributed by atoms with Crippen molar-refractivity contribution in [2.45, 2.75) is 25.9 Å². The fourth-order valence-corrected chi connectivity index (χ4v) is 2.33. The van der Waals surface area contributed by atoms with Crippen molar-refractivity contribution in [2.75, 3.05) is 19.7 Å². The number of nitrogens with two attached hydrogens (primary N) is 1. The Balaban J connectivity index is 0.00000200. The number of alkyl halides is 2. The van der Waals surface area contributed by atoms with E-state index in [2.05, 4.69) is 11.8 Å². The number of hydrogen-bond donors (Lipinski definition) is 1. The second-order valence-electron chi connectivity index (χ2n) is 5.18. The molecule has 2 rings (SSSR count). The smallest absolute Gasteiger partial charge is 0.272 e. The summed E-state index contributed by atoms with van der Waals surface area (Å²) in [5.74, 6) is 1.00. The summed E-state index contributed by atoms with van der Waals surface area (Å²) in [6, 6.07) is 7.53. The molecule has 20 heavy (non-hydrogen) atoms. The van der Waals surface area contributed by atoms with Crippen LogP contribution in [0.3, 0.4) is 0 Å². The molecule has 0 amide bonds. The van der Waals surface area contributed by atoms with Gasteiger partial charge >= 0.3 is 0 Å². The lowest BCUT2D eigenvalue weighted by Crippen LogP contribution is -2.28. The maximum absolute atomic E-state index is 12.0. The van der Waals surface area contributed by atoms with Gasteiger partial charge < -0.3 is 10.5 Å². The van der Waals surface area contributed by atoms with E-state index in [0.717, 1.165) is 25.2 Å². The summed E-state index contributed by atoms with van der Waals surface area (Å²) in [5, 5.41) is 0. The molecule has 0 aliphatic carbocycles. The van der Waals surface area contributed by atoms with E-state index >= 15 is 0 Å². The average Bonchev–Trinajstić information content (AvgIpc) is 2.67. The first-order valence-corrected chi connectivity index (χ1v) is 6.52. The van der Waals surface area contributed by atoms with Crippen LogP contribution in [0.4, 0.5) is 8.78 Å². The maximum atomic E-state index is 12.0. The van der Waals surface area contributed by atoms with E-state index in [1.165, 1.54) is 0 Å². The van der Waals surface area contributed by atoms with Gasteiger partial charge in [0.15, 0.2) is 0 Å². The molecule has 114 valence electrons. The summed E-state index contributed by atoms with van der Waals surface area (Å²) < 4.78 is 28.9. The van der Waals surface area contributed by atoms with Gasteiger partial charge in [0.1, 0.15) is 12.4 Å². The molecule has 1 aliphatic heterocycles. The van der Waals surface area contributed by atoms with Crippen LogP contribution in [0.15, 0.2) is 24.3 Å². The lowest BCUT2D eigenvalue weighted by atomic mass is 10.1. The van der Waals surface area contributed by atoms with Crippen LogP contribution < -0.4 is 10.5 Å². The van der Waals surface area contributed by atoms with Crippen LogP contribution in [0, 0.1) is 5.92 Å². The molecule has 6 heteroatoms. The van der Waals surface area contributed by atoms with Gasteiger partial charge in [-0.25, -0.2) is 8.78 Å². The lowest BCUT2D eigenvalue weighted by molar-refractivity contribution is 0.0819. The molecule has 0 spiro atoms. The Morgan fingerprint density at radius 3 is 2.45 bits per heavy atom. The summed E-state index contributed by atoms with van der Waals surface area (Å²) in [6.45, 7) is 4.35. The van der Waals surface area contributed by atoms with Gasteiger partial charge in [0.2, 0.25) is 0 Å². The Hall–Kier alpha value is -0.910. The molecule has 2 unspecified atom stereocenters. The normalized spacial score (nSPS) is 22.9. The third kappa shape index (κ3) is 4.89. The van der Waals surface area contributed by atoms with E-state index in [0.29, 0.717) is 11.7 Å². The maximum Gasteiger partial charge on any atom is 0.272 e. The van der Waals surface area contributed by atoms with E-state index in [1.807, 2.05) is 12.1 Å². The highest BCUT2D eigenvalue weighted by Crippen LogP contribution is 2.19. The van der Waals surface area contributed by atoms with Crippen LogP contribution in [-0.4, -0.2) is 37.1 Å². The van der Waals surface area contributed by atoms with Gasteiger partial charge in [-0.3, -0.25) is 4.90 Å². The number of rotatable bonds is 5. The van der Waals surface area contributed by atoms with Crippen LogP contribution in [0.2, 0.25) is 0 Å². The van der Waals surface area contributed by atoms with E-state index < -0.39 is 13.0 Å². The number of ether oxygens (including phenoxy) is 1. The van der Waals surface area contributed by atoms with Gasteiger partial charge in [0, 0.05) is 25.7 Å². The molecule has 1 heterocycles. The molecule has 0 radical (unpaired) electrons. The number of nitrogens with zero attached hydrogens (tertiary/aromatic N) is 1. The zero-order valence-corrected chi connectivity index (χ0v) is 12.3. The van der Waals surface area contributed by atoms with Crippen molar-refractivity contribution in [1.29, 1.82) is 0 Å². The van der Waals surface area contributed by atoms with Gasteiger partial charge in [-0.15, -0.1) is 12.4 Å². The molecule has 2 N–H and O–H groups in total. The van der Waals surface area contributed by atoms with E-state index in [4.69, 9.17) is 10.5 Å². The van der Waals surface area contributed by atoms with Gasteiger partial charge in [-0.05, 0) is 23.6 Å². The first kappa shape index (κ1) is 17.1. The van der Waals surface area contributed by atoms with Gasteiger partial charge in [-0.2, -0.15) is 0 Å². The van der Waals surface area contributed by atoms with E-state index in [1.54, 1.807) is 12.1 Å². The summed E-state index contributed by atoms with van der Waals surface area (Å²) in [5.41, 5.74) is 7.13. The minimum Gasteiger partial charge on any atom is -0.488 e. The topological polar surface area (TPSA) is 38.5 Å². The minimum absolute atomic E-state index is 0. The molecular weight excluding hydrogens is 286 g/mol. The van der Waals surface area contributed by atoms with Crippen molar-refractivity contribution >= 4 is 12.4 Å². The van der Waals surface area contributed by atoms with Crippen molar-refractivity contribution < 1.29 is 13.5 Å². The average molecular weight is 307 g/mol. The number of halogens is 3. The molecule has 0 saturated carbocycles. The lowest BCUT2D eigenvalue weighted by Gasteiger charge is -2.15. The van der Waals surface area contributed by atoms with Crippen molar-refractivity contribution in [3.63, 3.8) is 0 Å². The largest absolute Gasteiger partial charge is 0.488 e. The van der Waals surface area contributed by atoms with Crippen molar-refractivity contribution in [3.8, 4) is 5.75 Å². The van der Waals surface area contributed by atoms with Crippen LogP contribution >= 0.6 is 12.4 Å². The zero-order chi connectivity index (χ0) is 13.8. The van der Waals surface area contributed by atoms with Crippen LogP contribution in [0.5, 0.6) is 5.75 Å². The molecule has 1 aliphatic rings. The van der Waals surface area contributed by atoms with E-state index in [-0.39, 0.29) is 18.4 Å². The molecular formula is C14H21ClF2N2O. The van der Waals surface area contributed by atoms with Gasteiger partial charge in [0.25, 0.3) is 6.43 Å². The first-order valence-electron chi connectivity index (χ1n) is 6.52. The predicted octanol–water partition coefficient (Wildman–Crippen LogP) is 2.53. The summed E-state index contributed by atoms with van der Waals surface area (Å²) >= 11 is 0. The Morgan fingerprint density at radius 1 is 1.30 bits per heavy atom. The number of hydrogen-bond acceptors (Lipinski definition) is 3. The second kappa shape index (κ2) is 7.76. The Labute approximate surface area is 124 Å². The molecule has 3 nitrogen and oxygen atoms in total. The van der Waals surface area contributed by atoms with Crippen molar-refractivity contribution in [2.24, 2.45) is 11.7 Å². The second-order valence-corrected chi connectivity index (χ2v) is 5.18. The highest BCUT2D eigenvalue weighted by atomic mass is 35.5. The van der Waals surface area contributed by atoms with Crippen molar-refractivity contribution in [3.05, 3.63) is 29.8 Å². The first-order chi connectivity index (χ1) is 9.04. The molecule has 0 aromatic heterocycles. The highest BCUT2D eigenvalue weighted by Gasteiger charge is 2.26. The standard InChI is InChI=1S/C14H20F2N2O.ClH/c1-10-6-18(8-13(10)17)7-11-2-4-12(5-3-11)19-9-14(15)16;/h2-5,10,13-14H,6-9,17H2,1H3;1H. The molecule has 1 fully saturated rings. The molecule has 1 aromatic rings. The van der Waals surface area contributed by atoms with Crippen LogP contribution in [0.25, 0.3) is 0 Å². The minimum atomic E-state index is -2.44. The third-order valence-corrected chi connectivity index (χ3v) is 3.45. The fourth-order valence-electron chi connectivity index (χ4n) is 2.33. The number of benzene rings is 1. The highest BCUT2D eigenvalue weighted by molar-refractivity contribution is 5.85. The summed E-state index contributed by atoms with van der Waals surface area (Å²) in [7, 11) is 0. The van der Waals surface area contributed by atoms with Crippen LogP contribution in [-0.2, 0) is 6.54 Å². The van der Waals surface area contributed by atoms with Gasteiger partial charge in [0.05, 0.1) is 0 Å². The predicted molar refractivity (Wildman–Crippen MR) is 77.6 cm³/mol. The third-order valence-electron chi connectivity index (χ3n) is 3.45. The Bertz CT molecular complexity index is 393. The summed E-state index contributed by atoms with van der Waals surface area (Å²) in [4.78, 5) is 2.31. The summed E-state index contributed by atoms with van der Waals surface area (Å²) in [6.07, 6.45) is -2.44. The monoisotopic (exact) mass is 306 g/mol. The Kier molecular flexibility index (Phi) is 6.65. The Morgan fingerprint density at radius 2 is 1.95 bits per heavy atom. The molecule has 2 atom stereocenters. The van der Waals surface area contributed by atoms with Gasteiger partial charge in [-0.1, -0.05) is 19.1 Å². The number of likely N-dealkylation sites (tertiary alicyclic amines) is 1. The molecule has 0 bridgehead atoms. The van der Waals surface area contributed by atoms with Crippen molar-refractivity contribution in [1.82, 2.24) is 4.90 Å². The van der Waals surface area contributed by atoms with E-state index in [9.17, 15) is 8.78 Å². The molecule has 1 saturated heterocycles.